The molecular weight excluding hydrogens is 488 g/mol. The van der Waals surface area contributed by atoms with Gasteiger partial charge in [-0.1, -0.05) is 37.6 Å². The Labute approximate surface area is 225 Å². The molecule has 0 unspecified atom stereocenters. The molecule has 198 valence electrons. The molecule has 0 bridgehead atoms. The van der Waals surface area contributed by atoms with Crippen LogP contribution in [0.5, 0.6) is 0 Å². The smallest absolute Gasteiger partial charge is 0.269 e. The molecule has 2 aromatic rings. The van der Waals surface area contributed by atoms with Crippen LogP contribution in [-0.2, 0) is 6.54 Å². The molecule has 0 radical (unpaired) electrons. The fraction of sp³-hybridized carbons (Fsp3) is 0.556. The molecule has 3 heterocycles. The number of carbonyl (C=O) groups is 1. The maximum absolute atomic E-state index is 13.1. The fourth-order valence-corrected chi connectivity index (χ4v) is 5.20. The van der Waals surface area contributed by atoms with E-state index in [1.54, 1.807) is 5.01 Å². The lowest BCUT2D eigenvalue weighted by atomic mass is 10.0. The highest BCUT2D eigenvalue weighted by Crippen LogP contribution is 2.23. The van der Waals surface area contributed by atoms with Gasteiger partial charge in [0.1, 0.15) is 11.1 Å². The molecular formula is C27H37ClN8O. The highest BCUT2D eigenvalue weighted by atomic mass is 35.5. The summed E-state index contributed by atoms with van der Waals surface area (Å²) < 4.78 is 0. The molecule has 2 saturated heterocycles. The van der Waals surface area contributed by atoms with Crippen LogP contribution in [0.3, 0.4) is 0 Å². The number of amides is 1. The maximum Gasteiger partial charge on any atom is 0.269 e. The third kappa shape index (κ3) is 7.39. The van der Waals surface area contributed by atoms with E-state index in [2.05, 4.69) is 37.1 Å². The molecule has 0 saturated carbocycles. The number of piperidine rings is 1. The number of benzene rings is 1. The lowest BCUT2D eigenvalue weighted by Gasteiger charge is -2.42. The van der Waals surface area contributed by atoms with Crippen molar-refractivity contribution in [3.05, 3.63) is 52.4 Å². The summed E-state index contributed by atoms with van der Waals surface area (Å²) in [7, 11) is 2.21. The first-order valence-corrected chi connectivity index (χ1v) is 13.4. The van der Waals surface area contributed by atoms with Crippen molar-refractivity contribution in [2.75, 3.05) is 57.9 Å². The lowest BCUT2D eigenvalue weighted by Crippen LogP contribution is -2.52. The average Bonchev–Trinajstić information content (AvgIpc) is 2.90. The van der Waals surface area contributed by atoms with E-state index in [4.69, 9.17) is 11.6 Å². The van der Waals surface area contributed by atoms with Gasteiger partial charge < -0.3 is 4.90 Å². The first-order chi connectivity index (χ1) is 17.8. The first-order valence-electron chi connectivity index (χ1n) is 13.1. The van der Waals surface area contributed by atoms with Gasteiger partial charge in [-0.15, -0.1) is 0 Å². The summed E-state index contributed by atoms with van der Waals surface area (Å²) in [5.74, 6) is 0.275. The molecule has 0 atom stereocenters. The molecule has 2 fully saturated rings. The summed E-state index contributed by atoms with van der Waals surface area (Å²) in [6.07, 6.45) is 3.93. The molecule has 1 aromatic heterocycles. The average molecular weight is 525 g/mol. The minimum absolute atomic E-state index is 0.000985. The molecule has 1 amide bonds. The Bertz CT molecular complexity index is 1090. The molecule has 2 aliphatic heterocycles. The predicted octanol–water partition coefficient (Wildman–Crippen LogP) is 3.02. The lowest BCUT2D eigenvalue weighted by molar-refractivity contribution is 0.0618. The van der Waals surface area contributed by atoms with Crippen molar-refractivity contribution in [2.45, 2.75) is 39.3 Å². The van der Waals surface area contributed by atoms with Gasteiger partial charge in [0.2, 0.25) is 5.82 Å². The largest absolute Gasteiger partial charge is 0.306 e. The van der Waals surface area contributed by atoms with Crippen LogP contribution in [0.15, 0.2) is 30.5 Å². The van der Waals surface area contributed by atoms with Gasteiger partial charge in [-0.2, -0.15) is 10.2 Å². The number of nitriles is 1. The van der Waals surface area contributed by atoms with Crippen LogP contribution >= 0.6 is 11.6 Å². The third-order valence-corrected chi connectivity index (χ3v) is 7.37. The van der Waals surface area contributed by atoms with E-state index in [1.165, 1.54) is 37.7 Å². The fourth-order valence-electron chi connectivity index (χ4n) is 5.01. The molecule has 1 N–H and O–H groups in total. The van der Waals surface area contributed by atoms with Crippen LogP contribution in [0.1, 0.15) is 48.4 Å². The number of hydrogen-bond donors (Lipinski definition) is 1. The van der Waals surface area contributed by atoms with Crippen molar-refractivity contribution in [3.63, 3.8) is 0 Å². The number of hydrogen-bond acceptors (Lipinski definition) is 8. The van der Waals surface area contributed by atoms with E-state index in [9.17, 15) is 10.1 Å². The molecule has 0 aliphatic carbocycles. The van der Waals surface area contributed by atoms with Gasteiger partial charge in [-0.3, -0.25) is 25.0 Å². The van der Waals surface area contributed by atoms with Crippen LogP contribution in [-0.4, -0.2) is 89.5 Å². The summed E-state index contributed by atoms with van der Waals surface area (Å²) in [6, 6.07) is 10.4. The number of likely N-dealkylation sites (tertiary alicyclic amines) is 1. The molecule has 9 nitrogen and oxygen atoms in total. The van der Waals surface area contributed by atoms with Crippen LogP contribution in [0.2, 0.25) is 5.02 Å². The van der Waals surface area contributed by atoms with Gasteiger partial charge in [0.15, 0.2) is 5.82 Å². The number of piperazine rings is 1. The predicted molar refractivity (Wildman–Crippen MR) is 145 cm³/mol. The number of carbonyl (C=O) groups excluding carboxylic acids is 1. The number of aromatic nitrogens is 2. The van der Waals surface area contributed by atoms with Crippen molar-refractivity contribution in [1.29, 1.82) is 5.26 Å². The Morgan fingerprint density at radius 3 is 2.46 bits per heavy atom. The second-order valence-electron chi connectivity index (χ2n) is 10.5. The molecule has 4 rings (SSSR count). The molecule has 37 heavy (non-hydrogen) atoms. The van der Waals surface area contributed by atoms with E-state index < -0.39 is 0 Å². The maximum atomic E-state index is 13.1. The van der Waals surface area contributed by atoms with Gasteiger partial charge in [-0.05, 0) is 56.6 Å². The van der Waals surface area contributed by atoms with Gasteiger partial charge in [0.25, 0.3) is 5.91 Å². The van der Waals surface area contributed by atoms with E-state index in [0.717, 1.165) is 38.8 Å². The summed E-state index contributed by atoms with van der Waals surface area (Å²) in [5.41, 5.74) is 4.65. The molecule has 10 heteroatoms. The van der Waals surface area contributed by atoms with Crippen LogP contribution in [0, 0.1) is 17.2 Å². The van der Waals surface area contributed by atoms with Gasteiger partial charge in [0, 0.05) is 50.9 Å². The number of nitrogens with zero attached hydrogens (tertiary/aromatic N) is 7. The topological polar surface area (TPSA) is 91.6 Å². The number of nitrogens with one attached hydrogen (secondary N) is 1. The normalized spacial score (nSPS) is 18.1. The Kier molecular flexibility index (Phi) is 9.33. The summed E-state index contributed by atoms with van der Waals surface area (Å²) >= 11 is 6.30. The Morgan fingerprint density at radius 2 is 1.84 bits per heavy atom. The van der Waals surface area contributed by atoms with Gasteiger partial charge in [0.05, 0.1) is 6.20 Å². The molecule has 0 spiro atoms. The van der Waals surface area contributed by atoms with Gasteiger partial charge >= 0.3 is 0 Å². The van der Waals surface area contributed by atoms with Crippen LogP contribution in [0.25, 0.3) is 0 Å². The second kappa shape index (κ2) is 12.7. The Morgan fingerprint density at radius 1 is 1.16 bits per heavy atom. The third-order valence-electron chi connectivity index (χ3n) is 7.10. The SMILES string of the molecule is CC(C)CN(NC(=O)c1ccc(CN2CCN(C3CCN(C)CC3)CC2)cc1)c1nc(C#N)ncc1Cl. The molecule has 1 aromatic carbocycles. The minimum Gasteiger partial charge on any atom is -0.306 e. The van der Waals surface area contributed by atoms with Crippen molar-refractivity contribution >= 4 is 23.3 Å². The Balaban J connectivity index is 1.33. The monoisotopic (exact) mass is 524 g/mol. The number of halogens is 1. The van der Waals surface area contributed by atoms with Crippen molar-refractivity contribution in [3.8, 4) is 6.07 Å². The minimum atomic E-state index is -0.257. The van der Waals surface area contributed by atoms with Crippen molar-refractivity contribution in [1.82, 2.24) is 30.1 Å². The summed E-state index contributed by atoms with van der Waals surface area (Å²) in [5, 5.41) is 11.0. The van der Waals surface area contributed by atoms with Crippen LogP contribution in [0.4, 0.5) is 5.82 Å². The Hall–Kier alpha value is -2.77. The van der Waals surface area contributed by atoms with E-state index in [0.29, 0.717) is 17.9 Å². The summed E-state index contributed by atoms with van der Waals surface area (Å²) in [4.78, 5) is 28.7. The van der Waals surface area contributed by atoms with Gasteiger partial charge in [-0.25, -0.2) is 4.98 Å². The number of anilines is 1. The van der Waals surface area contributed by atoms with Crippen molar-refractivity contribution < 1.29 is 4.79 Å². The first kappa shape index (κ1) is 27.3. The zero-order chi connectivity index (χ0) is 26.4. The zero-order valence-corrected chi connectivity index (χ0v) is 22.8. The highest BCUT2D eigenvalue weighted by Gasteiger charge is 2.26. The number of hydrazine groups is 1. The van der Waals surface area contributed by atoms with E-state index >= 15 is 0 Å². The quantitative estimate of drug-likeness (QED) is 0.527. The van der Waals surface area contributed by atoms with Crippen LogP contribution < -0.4 is 10.4 Å². The molecule has 2 aliphatic rings. The number of rotatable bonds is 8. The van der Waals surface area contributed by atoms with E-state index in [1.807, 2.05) is 44.2 Å². The van der Waals surface area contributed by atoms with Crippen molar-refractivity contribution in [2.24, 2.45) is 5.92 Å². The highest BCUT2D eigenvalue weighted by molar-refractivity contribution is 6.32. The second-order valence-corrected chi connectivity index (χ2v) is 10.9. The summed E-state index contributed by atoms with van der Waals surface area (Å²) in [6.45, 7) is 12.2. The standard InChI is InChI=1S/C27H37ClN8O/c1-20(2)18-36(26-24(28)17-30-25(16-29)31-26)32-27(37)22-6-4-21(5-7-22)19-34-12-14-35(15-13-34)23-8-10-33(3)11-9-23/h4-7,17,20,23H,8-15,18-19H2,1-3H3,(H,32,37). The van der Waals surface area contributed by atoms with E-state index in [-0.39, 0.29) is 22.7 Å². The zero-order valence-electron chi connectivity index (χ0n) is 22.0.